The summed E-state index contributed by atoms with van der Waals surface area (Å²) in [4.78, 5) is 4.60. The molecule has 5 nitrogen and oxygen atoms in total. The predicted molar refractivity (Wildman–Crippen MR) is 174 cm³/mol. The molecule has 3 heterocycles. The molecule has 0 spiro atoms. The van der Waals surface area contributed by atoms with E-state index in [1.165, 1.54) is 18.5 Å². The minimum atomic E-state index is -4.93. The molecule has 0 radical (unpaired) electrons. The SMILES string of the molecule is Cc1cc(Oc2[c-]c3c(cc2)c2ccccc2n3-c2cc(C)ccn2)[c-]c(-n2nc(C)c(C3C(C(F)(F)F)=CCC[C@@H]3C(F)(F)F)c2C)c1.[Pt+2]. The van der Waals surface area contributed by atoms with Crippen molar-refractivity contribution in [2.75, 3.05) is 0 Å². The van der Waals surface area contributed by atoms with Gasteiger partial charge in [0.05, 0.1) is 11.6 Å². The van der Waals surface area contributed by atoms with E-state index in [-0.39, 0.29) is 50.2 Å². The van der Waals surface area contributed by atoms with Crippen LogP contribution < -0.4 is 4.74 Å². The molecule has 0 fully saturated rings. The van der Waals surface area contributed by atoms with Crippen LogP contribution in [0.1, 0.15) is 46.8 Å². The standard InChI is InChI=1S/C38H30F6N4O.Pt/c1-21-14-15-45-34(18-21)47-32-11-6-5-8-28(32)29-13-12-26(20-33(29)47)49-27-17-22(2)16-25(19-27)48-24(4)35(23(3)46-48)36-30(37(39,40)41)9-7-10-31(36)38(42,43)44;/h5-6,8-9,11-18,31,36H,7,10H2,1-4H3;/q-2;+2/t31-,36?;/m0./s1. The van der Waals surface area contributed by atoms with Gasteiger partial charge < -0.3 is 9.30 Å². The smallest absolute Gasteiger partial charge is 0.509 e. The van der Waals surface area contributed by atoms with Gasteiger partial charge in [-0.15, -0.1) is 35.7 Å². The fourth-order valence-corrected chi connectivity index (χ4v) is 7.03. The van der Waals surface area contributed by atoms with Crippen molar-refractivity contribution in [2.45, 2.75) is 58.8 Å². The number of fused-ring (bicyclic) bond motifs is 3. The zero-order valence-corrected chi connectivity index (χ0v) is 29.6. The van der Waals surface area contributed by atoms with Gasteiger partial charge in [-0.2, -0.15) is 43.1 Å². The Balaban J connectivity index is 0.00000432. The summed E-state index contributed by atoms with van der Waals surface area (Å²) in [6.07, 6.45) is -7.87. The summed E-state index contributed by atoms with van der Waals surface area (Å²) in [5, 5.41) is 6.41. The molecule has 3 aromatic carbocycles. The third kappa shape index (κ3) is 6.36. The van der Waals surface area contributed by atoms with Crippen LogP contribution in [0.15, 0.2) is 78.5 Å². The van der Waals surface area contributed by atoms with Gasteiger partial charge in [0.2, 0.25) is 0 Å². The van der Waals surface area contributed by atoms with E-state index in [0.29, 0.717) is 11.4 Å². The number of rotatable bonds is 5. The Bertz CT molecular complexity index is 2270. The Morgan fingerprint density at radius 1 is 0.840 bits per heavy atom. The topological polar surface area (TPSA) is 44.9 Å². The van der Waals surface area contributed by atoms with Crippen molar-refractivity contribution in [2.24, 2.45) is 5.92 Å². The van der Waals surface area contributed by atoms with Crippen molar-refractivity contribution in [1.29, 1.82) is 0 Å². The molecule has 6 aromatic rings. The molecule has 50 heavy (non-hydrogen) atoms. The quantitative estimate of drug-likeness (QED) is 0.0985. The number of nitrogens with zero attached hydrogens (tertiary/aromatic N) is 4. The molecular weight excluding hydrogens is 838 g/mol. The summed E-state index contributed by atoms with van der Waals surface area (Å²) in [5.74, 6) is -2.75. The van der Waals surface area contributed by atoms with Crippen molar-refractivity contribution in [3.8, 4) is 23.0 Å². The average molecular weight is 868 g/mol. The van der Waals surface area contributed by atoms with Crippen LogP contribution in [0.3, 0.4) is 0 Å². The van der Waals surface area contributed by atoms with Crippen LogP contribution in [-0.2, 0) is 21.1 Å². The Labute approximate surface area is 298 Å². The second-order valence-corrected chi connectivity index (χ2v) is 12.5. The van der Waals surface area contributed by atoms with Gasteiger partial charge in [0.15, 0.2) is 0 Å². The minimum absolute atomic E-state index is 0. The molecule has 1 aliphatic carbocycles. The largest absolute Gasteiger partial charge is 2.00 e. The summed E-state index contributed by atoms with van der Waals surface area (Å²) in [6, 6.07) is 25.5. The third-order valence-corrected chi connectivity index (χ3v) is 9.09. The summed E-state index contributed by atoms with van der Waals surface area (Å²) in [5.41, 5.74) is 2.76. The molecule has 1 unspecified atom stereocenters. The fourth-order valence-electron chi connectivity index (χ4n) is 7.03. The van der Waals surface area contributed by atoms with Gasteiger partial charge in [0.25, 0.3) is 0 Å². The van der Waals surface area contributed by atoms with E-state index in [2.05, 4.69) is 22.2 Å². The molecule has 2 atom stereocenters. The zero-order valence-electron chi connectivity index (χ0n) is 27.3. The molecule has 260 valence electrons. The van der Waals surface area contributed by atoms with E-state index < -0.39 is 36.2 Å². The molecule has 12 heteroatoms. The summed E-state index contributed by atoms with van der Waals surface area (Å²) in [7, 11) is 0. The molecule has 3 aromatic heterocycles. The average Bonchev–Trinajstić information content (AvgIpc) is 3.52. The number of hydrogen-bond acceptors (Lipinski definition) is 3. The Morgan fingerprint density at radius 2 is 1.60 bits per heavy atom. The van der Waals surface area contributed by atoms with Gasteiger partial charge in [0.1, 0.15) is 5.82 Å². The number of benzene rings is 3. The second-order valence-electron chi connectivity index (χ2n) is 12.5. The van der Waals surface area contributed by atoms with E-state index in [1.54, 1.807) is 31.3 Å². The van der Waals surface area contributed by atoms with Crippen molar-refractivity contribution in [3.05, 3.63) is 119 Å². The van der Waals surface area contributed by atoms with Crippen molar-refractivity contribution < 1.29 is 52.1 Å². The van der Waals surface area contributed by atoms with Crippen LogP contribution in [0.25, 0.3) is 33.3 Å². The number of pyridine rings is 1. The summed E-state index contributed by atoms with van der Waals surface area (Å²) < 4.78 is 94.6. The van der Waals surface area contributed by atoms with Crippen LogP contribution in [0.2, 0.25) is 0 Å². The first-order chi connectivity index (χ1) is 23.2. The number of halogens is 6. The number of aryl methyl sites for hydroxylation is 3. The van der Waals surface area contributed by atoms with E-state index in [9.17, 15) is 26.3 Å². The maximum Gasteiger partial charge on any atom is 2.00 e. The number of allylic oxidation sites excluding steroid dienone is 2. The minimum Gasteiger partial charge on any atom is -0.509 e. The summed E-state index contributed by atoms with van der Waals surface area (Å²) in [6.45, 7) is 6.72. The molecule has 0 saturated heterocycles. The van der Waals surface area contributed by atoms with Gasteiger partial charge in [0, 0.05) is 46.0 Å². The molecular formula is C38H30F6N4OPt. The van der Waals surface area contributed by atoms with Crippen LogP contribution in [-0.4, -0.2) is 31.7 Å². The Kier molecular flexibility index (Phi) is 9.27. The first kappa shape index (κ1) is 35.5. The van der Waals surface area contributed by atoms with E-state index in [0.717, 1.165) is 44.8 Å². The first-order valence-electron chi connectivity index (χ1n) is 15.7. The van der Waals surface area contributed by atoms with Gasteiger partial charge in [-0.1, -0.05) is 36.7 Å². The summed E-state index contributed by atoms with van der Waals surface area (Å²) >= 11 is 0. The van der Waals surface area contributed by atoms with Gasteiger partial charge in [-0.05, 0) is 68.4 Å². The third-order valence-electron chi connectivity index (χ3n) is 9.09. The monoisotopic (exact) mass is 867 g/mol. The molecule has 0 N–H and O–H groups in total. The maximum atomic E-state index is 14.2. The number of aromatic nitrogens is 4. The second kappa shape index (κ2) is 13.1. The fraction of sp³-hybridized carbons (Fsp3) is 0.263. The normalized spacial score (nSPS) is 16.8. The number of hydrogen-bond donors (Lipinski definition) is 0. The molecule has 0 aliphatic heterocycles. The number of para-hydroxylation sites is 1. The van der Waals surface area contributed by atoms with Gasteiger partial charge in [-0.25, -0.2) is 4.98 Å². The Hall–Kier alpha value is -4.37. The van der Waals surface area contributed by atoms with E-state index in [4.69, 9.17) is 4.74 Å². The Morgan fingerprint density at radius 3 is 2.32 bits per heavy atom. The zero-order chi connectivity index (χ0) is 34.8. The molecule has 0 bridgehead atoms. The maximum absolute atomic E-state index is 14.2. The van der Waals surface area contributed by atoms with Crippen LogP contribution >= 0.6 is 0 Å². The molecule has 0 saturated carbocycles. The predicted octanol–water partition coefficient (Wildman–Crippen LogP) is 10.5. The van der Waals surface area contributed by atoms with Gasteiger partial charge in [-0.3, -0.25) is 4.68 Å². The van der Waals surface area contributed by atoms with Crippen molar-refractivity contribution in [1.82, 2.24) is 19.3 Å². The molecule has 0 amide bonds. The van der Waals surface area contributed by atoms with Gasteiger partial charge >= 0.3 is 33.4 Å². The molecule has 1 aliphatic rings. The van der Waals surface area contributed by atoms with E-state index >= 15 is 0 Å². The van der Waals surface area contributed by atoms with Crippen LogP contribution in [0.4, 0.5) is 26.3 Å². The van der Waals surface area contributed by atoms with Crippen molar-refractivity contribution in [3.63, 3.8) is 0 Å². The first-order valence-corrected chi connectivity index (χ1v) is 15.7. The number of alkyl halides is 6. The van der Waals surface area contributed by atoms with E-state index in [1.807, 2.05) is 54.0 Å². The van der Waals surface area contributed by atoms with Crippen LogP contribution in [0.5, 0.6) is 11.5 Å². The van der Waals surface area contributed by atoms with Crippen molar-refractivity contribution >= 4 is 21.8 Å². The molecule has 7 rings (SSSR count). The number of ether oxygens (including phenoxy) is 1. The van der Waals surface area contributed by atoms with Crippen LogP contribution in [0, 0.1) is 45.7 Å².